The molecule has 2 amide bonds. The summed E-state index contributed by atoms with van der Waals surface area (Å²) in [5.41, 5.74) is 3.35. The second-order valence-electron chi connectivity index (χ2n) is 9.04. The summed E-state index contributed by atoms with van der Waals surface area (Å²) in [6.07, 6.45) is 7.16. The van der Waals surface area contributed by atoms with Crippen LogP contribution in [0.4, 0.5) is 4.79 Å². The number of nitrogens with zero attached hydrogens (tertiary/aromatic N) is 1. The summed E-state index contributed by atoms with van der Waals surface area (Å²) in [5, 5.41) is 3.31. The highest BCUT2D eigenvalue weighted by atomic mass is 16.5. The predicted molar refractivity (Wildman–Crippen MR) is 131 cm³/mol. The minimum Gasteiger partial charge on any atom is -0.493 e. The van der Waals surface area contributed by atoms with Gasteiger partial charge in [0.15, 0.2) is 23.0 Å². The van der Waals surface area contributed by atoms with Crippen molar-refractivity contribution >= 4 is 6.03 Å². The van der Waals surface area contributed by atoms with Crippen molar-refractivity contribution in [1.29, 1.82) is 0 Å². The number of ether oxygens (including phenoxy) is 4. The van der Waals surface area contributed by atoms with Crippen LogP contribution in [0.3, 0.4) is 0 Å². The van der Waals surface area contributed by atoms with Gasteiger partial charge in [-0.05, 0) is 66.6 Å². The van der Waals surface area contributed by atoms with Crippen LogP contribution in [0, 0.1) is 0 Å². The zero-order valence-electron chi connectivity index (χ0n) is 20.7. The van der Waals surface area contributed by atoms with Gasteiger partial charge in [0.05, 0.1) is 34.5 Å². The Bertz CT molecular complexity index is 1000. The molecule has 1 N–H and O–H groups in total. The third kappa shape index (κ3) is 5.03. The standard InChI is InChI=1S/C27H36N2O5/c1-31-23-11-10-18(15-24(23)32-2)14-22-21-17-26(34-4)25(33-3)16-19(21)12-13-29(22)27(30)28-20-8-6-5-7-9-20/h10-11,15-17,20,22H,5-9,12-14H2,1-4H3,(H,28,30). The van der Waals surface area contributed by atoms with Crippen molar-refractivity contribution in [2.75, 3.05) is 35.0 Å². The molecule has 0 bridgehead atoms. The van der Waals surface area contributed by atoms with E-state index < -0.39 is 0 Å². The molecule has 184 valence electrons. The van der Waals surface area contributed by atoms with Crippen LogP contribution in [0.25, 0.3) is 0 Å². The number of rotatable bonds is 7. The molecule has 0 aromatic heterocycles. The van der Waals surface area contributed by atoms with Crippen molar-refractivity contribution in [1.82, 2.24) is 10.2 Å². The summed E-state index contributed by atoms with van der Waals surface area (Å²) < 4.78 is 22.1. The number of nitrogens with one attached hydrogen (secondary N) is 1. The predicted octanol–water partition coefficient (Wildman–Crippen LogP) is 4.91. The van der Waals surface area contributed by atoms with Gasteiger partial charge in [0.25, 0.3) is 0 Å². The lowest BCUT2D eigenvalue weighted by atomic mass is 9.88. The van der Waals surface area contributed by atoms with Crippen LogP contribution >= 0.6 is 0 Å². The molecule has 4 rings (SSSR count). The number of carbonyl (C=O) groups excluding carboxylic acids is 1. The van der Waals surface area contributed by atoms with Crippen LogP contribution in [0.15, 0.2) is 30.3 Å². The highest BCUT2D eigenvalue weighted by Crippen LogP contribution is 2.40. The minimum atomic E-state index is -0.134. The molecule has 0 saturated heterocycles. The Balaban J connectivity index is 1.68. The van der Waals surface area contributed by atoms with Gasteiger partial charge < -0.3 is 29.2 Å². The smallest absolute Gasteiger partial charge is 0.318 e. The van der Waals surface area contributed by atoms with E-state index in [0.29, 0.717) is 36.0 Å². The zero-order valence-corrected chi connectivity index (χ0v) is 20.7. The van der Waals surface area contributed by atoms with Gasteiger partial charge in [0, 0.05) is 12.6 Å². The fourth-order valence-electron chi connectivity index (χ4n) is 5.23. The van der Waals surface area contributed by atoms with Gasteiger partial charge in [-0.3, -0.25) is 0 Å². The van der Waals surface area contributed by atoms with Gasteiger partial charge in [0.2, 0.25) is 0 Å². The monoisotopic (exact) mass is 468 g/mol. The maximum atomic E-state index is 13.5. The first-order chi connectivity index (χ1) is 16.6. The largest absolute Gasteiger partial charge is 0.493 e. The summed E-state index contributed by atoms with van der Waals surface area (Å²) in [4.78, 5) is 15.5. The van der Waals surface area contributed by atoms with E-state index in [9.17, 15) is 4.79 Å². The first-order valence-corrected chi connectivity index (χ1v) is 12.1. The number of hydrogen-bond acceptors (Lipinski definition) is 5. The van der Waals surface area contributed by atoms with Gasteiger partial charge >= 0.3 is 6.03 Å². The van der Waals surface area contributed by atoms with E-state index in [1.807, 2.05) is 35.2 Å². The molecule has 2 aromatic carbocycles. The third-order valence-electron chi connectivity index (χ3n) is 7.07. The van der Waals surface area contributed by atoms with Gasteiger partial charge in [-0.25, -0.2) is 4.79 Å². The van der Waals surface area contributed by atoms with Crippen molar-refractivity contribution in [3.05, 3.63) is 47.0 Å². The van der Waals surface area contributed by atoms with Crippen LogP contribution in [-0.4, -0.2) is 52.0 Å². The van der Waals surface area contributed by atoms with E-state index in [1.54, 1.807) is 28.4 Å². The average Bonchev–Trinajstić information content (AvgIpc) is 2.88. The summed E-state index contributed by atoms with van der Waals surface area (Å²) in [6.45, 7) is 0.652. The van der Waals surface area contributed by atoms with Gasteiger partial charge in [0.1, 0.15) is 0 Å². The molecule has 1 fully saturated rings. The van der Waals surface area contributed by atoms with Crippen molar-refractivity contribution in [3.8, 4) is 23.0 Å². The molecule has 1 unspecified atom stereocenters. The van der Waals surface area contributed by atoms with Crippen LogP contribution in [-0.2, 0) is 12.8 Å². The van der Waals surface area contributed by atoms with Gasteiger partial charge in [-0.2, -0.15) is 0 Å². The van der Waals surface area contributed by atoms with Crippen molar-refractivity contribution in [3.63, 3.8) is 0 Å². The molecular weight excluding hydrogens is 432 g/mol. The number of fused-ring (bicyclic) bond motifs is 1. The number of carbonyl (C=O) groups is 1. The Labute approximate surface area is 202 Å². The van der Waals surface area contributed by atoms with Gasteiger partial charge in [-0.15, -0.1) is 0 Å². The Morgan fingerprint density at radius 2 is 1.53 bits per heavy atom. The summed E-state index contributed by atoms with van der Waals surface area (Å²) in [7, 11) is 6.56. The Kier molecular flexibility index (Phi) is 7.70. The molecule has 7 heteroatoms. The molecule has 1 saturated carbocycles. The first kappa shape index (κ1) is 24.0. The highest BCUT2D eigenvalue weighted by molar-refractivity contribution is 5.76. The second-order valence-corrected chi connectivity index (χ2v) is 9.04. The van der Waals surface area contributed by atoms with E-state index in [-0.39, 0.29) is 18.1 Å². The molecule has 1 heterocycles. The van der Waals surface area contributed by atoms with Crippen molar-refractivity contribution in [2.45, 2.75) is 57.0 Å². The SMILES string of the molecule is COc1ccc(CC2c3cc(OC)c(OC)cc3CCN2C(=O)NC2CCCCC2)cc1OC. The van der Waals surface area contributed by atoms with Gasteiger partial charge in [-0.1, -0.05) is 25.3 Å². The molecule has 1 atom stereocenters. The summed E-state index contributed by atoms with van der Waals surface area (Å²) in [5.74, 6) is 2.76. The molecule has 1 aliphatic heterocycles. The molecule has 7 nitrogen and oxygen atoms in total. The van der Waals surface area contributed by atoms with Crippen molar-refractivity contribution in [2.24, 2.45) is 0 Å². The Morgan fingerprint density at radius 1 is 0.882 bits per heavy atom. The molecular formula is C27H36N2O5. The lowest BCUT2D eigenvalue weighted by Crippen LogP contribution is -2.49. The number of hydrogen-bond donors (Lipinski definition) is 1. The summed E-state index contributed by atoms with van der Waals surface area (Å²) in [6, 6.07) is 10.2. The molecule has 0 radical (unpaired) electrons. The Morgan fingerprint density at radius 3 is 2.21 bits per heavy atom. The second kappa shape index (κ2) is 10.9. The average molecular weight is 469 g/mol. The van der Waals surface area contributed by atoms with Crippen LogP contribution in [0.2, 0.25) is 0 Å². The number of methoxy groups -OCH3 is 4. The molecule has 2 aliphatic rings. The maximum absolute atomic E-state index is 13.5. The summed E-state index contributed by atoms with van der Waals surface area (Å²) >= 11 is 0. The number of benzene rings is 2. The van der Waals surface area contributed by atoms with E-state index in [2.05, 4.69) is 5.32 Å². The normalized spacial score (nSPS) is 18.1. The topological polar surface area (TPSA) is 69.3 Å². The quantitative estimate of drug-likeness (QED) is 0.626. The van der Waals surface area contributed by atoms with E-state index in [0.717, 1.165) is 30.4 Å². The zero-order chi connectivity index (χ0) is 24.1. The first-order valence-electron chi connectivity index (χ1n) is 12.1. The maximum Gasteiger partial charge on any atom is 0.318 e. The lowest BCUT2D eigenvalue weighted by molar-refractivity contribution is 0.162. The third-order valence-corrected chi connectivity index (χ3v) is 7.07. The van der Waals surface area contributed by atoms with Crippen LogP contribution in [0.5, 0.6) is 23.0 Å². The Hall–Kier alpha value is -3.09. The number of amides is 2. The fourth-order valence-corrected chi connectivity index (χ4v) is 5.23. The molecule has 1 aliphatic carbocycles. The van der Waals surface area contributed by atoms with Crippen molar-refractivity contribution < 1.29 is 23.7 Å². The molecule has 2 aromatic rings. The minimum absolute atomic E-state index is 0.0119. The highest BCUT2D eigenvalue weighted by Gasteiger charge is 2.33. The fraction of sp³-hybridized carbons (Fsp3) is 0.519. The lowest BCUT2D eigenvalue weighted by Gasteiger charge is -2.39. The van der Waals surface area contributed by atoms with E-state index >= 15 is 0 Å². The molecule has 34 heavy (non-hydrogen) atoms. The van der Waals surface area contributed by atoms with E-state index in [1.165, 1.54) is 24.8 Å². The van der Waals surface area contributed by atoms with E-state index in [4.69, 9.17) is 18.9 Å². The molecule has 0 spiro atoms. The van der Waals surface area contributed by atoms with Crippen LogP contribution < -0.4 is 24.3 Å². The van der Waals surface area contributed by atoms with Crippen LogP contribution in [0.1, 0.15) is 54.8 Å². The number of urea groups is 1.